The molecule has 0 spiro atoms. The van der Waals surface area contributed by atoms with Gasteiger partial charge in [-0.2, -0.15) is 0 Å². The summed E-state index contributed by atoms with van der Waals surface area (Å²) in [5.41, 5.74) is 2.27. The van der Waals surface area contributed by atoms with Gasteiger partial charge in [0.1, 0.15) is 5.75 Å². The van der Waals surface area contributed by atoms with Crippen molar-refractivity contribution in [1.82, 2.24) is 4.90 Å². The zero-order valence-electron chi connectivity index (χ0n) is 15.7. The van der Waals surface area contributed by atoms with Crippen molar-refractivity contribution in [2.45, 2.75) is 19.4 Å². The minimum absolute atomic E-state index is 0.138. The van der Waals surface area contributed by atoms with Crippen LogP contribution in [0.3, 0.4) is 0 Å². The third kappa shape index (κ3) is 4.98. The van der Waals surface area contributed by atoms with Gasteiger partial charge in [0.25, 0.3) is 0 Å². The lowest BCUT2D eigenvalue weighted by molar-refractivity contribution is -0.131. The summed E-state index contributed by atoms with van der Waals surface area (Å²) in [6.07, 6.45) is 3.00. The van der Waals surface area contributed by atoms with Crippen LogP contribution >= 0.6 is 0 Å². The first-order valence-corrected chi connectivity index (χ1v) is 9.19. The molecule has 0 fully saturated rings. The third-order valence-electron chi connectivity index (χ3n) is 4.68. The monoisotopic (exact) mass is 359 g/mol. The van der Waals surface area contributed by atoms with E-state index in [1.165, 1.54) is 16.3 Å². The first-order chi connectivity index (χ1) is 13.2. The Labute approximate surface area is 160 Å². The number of nitrogens with zero attached hydrogens (tertiary/aromatic N) is 1. The Balaban J connectivity index is 1.63. The average Bonchev–Trinajstić information content (AvgIpc) is 2.72. The number of rotatable bonds is 8. The van der Waals surface area contributed by atoms with E-state index in [9.17, 15) is 4.79 Å². The van der Waals surface area contributed by atoms with Crippen LogP contribution in [0.4, 0.5) is 0 Å². The molecule has 138 valence electrons. The third-order valence-corrected chi connectivity index (χ3v) is 4.68. The molecule has 0 saturated heterocycles. The van der Waals surface area contributed by atoms with Crippen LogP contribution in [-0.2, 0) is 17.8 Å². The fourth-order valence-electron chi connectivity index (χ4n) is 3.17. The molecule has 27 heavy (non-hydrogen) atoms. The molecule has 1 amide bonds. The summed E-state index contributed by atoms with van der Waals surface area (Å²) in [5, 5.41) is 2.43. The zero-order valence-corrected chi connectivity index (χ0v) is 15.7. The van der Waals surface area contributed by atoms with Gasteiger partial charge in [-0.3, -0.25) is 4.79 Å². The van der Waals surface area contributed by atoms with E-state index in [2.05, 4.69) is 36.9 Å². The SMILES string of the molecule is C=CCN(Cc1ccc(OC)cc1)C(=O)CCc1ccc2ccccc2c1. The highest BCUT2D eigenvalue weighted by Crippen LogP contribution is 2.18. The molecule has 0 unspecified atom stereocenters. The minimum atomic E-state index is 0.138. The van der Waals surface area contributed by atoms with Crippen LogP contribution < -0.4 is 4.74 Å². The van der Waals surface area contributed by atoms with Crippen molar-refractivity contribution in [3.63, 3.8) is 0 Å². The number of hydrogen-bond acceptors (Lipinski definition) is 2. The van der Waals surface area contributed by atoms with Crippen molar-refractivity contribution >= 4 is 16.7 Å². The molecule has 0 N–H and O–H groups in total. The number of carbonyl (C=O) groups is 1. The van der Waals surface area contributed by atoms with Crippen LogP contribution in [0.25, 0.3) is 10.8 Å². The molecular weight excluding hydrogens is 334 g/mol. The van der Waals surface area contributed by atoms with Crippen molar-refractivity contribution in [2.24, 2.45) is 0 Å². The van der Waals surface area contributed by atoms with Gasteiger partial charge in [0, 0.05) is 19.5 Å². The molecule has 0 atom stereocenters. The first kappa shape index (κ1) is 18.7. The average molecular weight is 359 g/mol. The molecule has 3 heteroatoms. The fourth-order valence-corrected chi connectivity index (χ4v) is 3.17. The number of benzene rings is 3. The second-order valence-electron chi connectivity index (χ2n) is 6.59. The Kier molecular flexibility index (Phi) is 6.26. The number of ether oxygens (including phenoxy) is 1. The summed E-state index contributed by atoms with van der Waals surface area (Å²) in [7, 11) is 1.65. The topological polar surface area (TPSA) is 29.5 Å². The molecule has 0 radical (unpaired) electrons. The second kappa shape index (κ2) is 9.04. The molecule has 3 aromatic carbocycles. The quantitative estimate of drug-likeness (QED) is 0.530. The maximum Gasteiger partial charge on any atom is 0.223 e. The Hall–Kier alpha value is -3.07. The summed E-state index contributed by atoms with van der Waals surface area (Å²) in [5.74, 6) is 0.954. The van der Waals surface area contributed by atoms with Gasteiger partial charge >= 0.3 is 0 Å². The maximum atomic E-state index is 12.8. The van der Waals surface area contributed by atoms with Gasteiger partial charge in [-0.05, 0) is 40.5 Å². The maximum absolute atomic E-state index is 12.8. The van der Waals surface area contributed by atoms with Crippen LogP contribution in [0, 0.1) is 0 Å². The molecule has 0 bridgehead atoms. The van der Waals surface area contributed by atoms with E-state index in [1.807, 2.05) is 41.3 Å². The predicted molar refractivity (Wildman–Crippen MR) is 111 cm³/mol. The molecule has 3 nitrogen and oxygen atoms in total. The Morgan fingerprint density at radius 1 is 1.00 bits per heavy atom. The largest absolute Gasteiger partial charge is 0.497 e. The standard InChI is InChI=1S/C24H25NO2/c1-3-16-25(18-20-9-13-23(27-2)14-10-20)24(26)15-11-19-8-12-21-6-4-5-7-22(21)17-19/h3-10,12-14,17H,1,11,15-16,18H2,2H3. The predicted octanol–water partition coefficient (Wildman–Crippen LogP) is 5.00. The normalized spacial score (nSPS) is 10.6. The van der Waals surface area contributed by atoms with Gasteiger partial charge in [-0.25, -0.2) is 0 Å². The lowest BCUT2D eigenvalue weighted by atomic mass is 10.0. The number of aryl methyl sites for hydroxylation is 1. The van der Waals surface area contributed by atoms with E-state index >= 15 is 0 Å². The van der Waals surface area contributed by atoms with E-state index in [0.717, 1.165) is 17.7 Å². The van der Waals surface area contributed by atoms with Crippen molar-refractivity contribution in [2.75, 3.05) is 13.7 Å². The smallest absolute Gasteiger partial charge is 0.223 e. The molecule has 0 saturated carbocycles. The first-order valence-electron chi connectivity index (χ1n) is 9.19. The van der Waals surface area contributed by atoms with Crippen LogP contribution in [0.2, 0.25) is 0 Å². The molecule has 3 rings (SSSR count). The highest BCUT2D eigenvalue weighted by atomic mass is 16.5. The summed E-state index contributed by atoms with van der Waals surface area (Å²) in [4.78, 5) is 14.6. The Bertz CT molecular complexity index is 915. The van der Waals surface area contributed by atoms with E-state index in [4.69, 9.17) is 4.74 Å². The molecule has 0 aliphatic rings. The molecule has 0 heterocycles. The van der Waals surface area contributed by atoms with Gasteiger partial charge in [0.2, 0.25) is 5.91 Å². The molecule has 0 aliphatic carbocycles. The van der Waals surface area contributed by atoms with E-state index < -0.39 is 0 Å². The summed E-state index contributed by atoms with van der Waals surface area (Å²) in [6.45, 7) is 4.91. The number of carbonyl (C=O) groups excluding carboxylic acids is 1. The van der Waals surface area contributed by atoms with Crippen LogP contribution in [0.15, 0.2) is 79.4 Å². The molecule has 0 aliphatic heterocycles. The minimum Gasteiger partial charge on any atom is -0.497 e. The van der Waals surface area contributed by atoms with E-state index in [1.54, 1.807) is 13.2 Å². The number of amides is 1. The van der Waals surface area contributed by atoms with E-state index in [-0.39, 0.29) is 5.91 Å². The van der Waals surface area contributed by atoms with Crippen molar-refractivity contribution < 1.29 is 9.53 Å². The van der Waals surface area contributed by atoms with Gasteiger partial charge in [-0.15, -0.1) is 6.58 Å². The number of fused-ring (bicyclic) bond motifs is 1. The lowest BCUT2D eigenvalue weighted by Gasteiger charge is -2.21. The highest BCUT2D eigenvalue weighted by Gasteiger charge is 2.13. The van der Waals surface area contributed by atoms with Gasteiger partial charge in [0.15, 0.2) is 0 Å². The lowest BCUT2D eigenvalue weighted by Crippen LogP contribution is -2.30. The zero-order chi connectivity index (χ0) is 19.1. The molecule has 3 aromatic rings. The molecule has 0 aromatic heterocycles. The van der Waals surface area contributed by atoms with Gasteiger partial charge < -0.3 is 9.64 Å². The second-order valence-corrected chi connectivity index (χ2v) is 6.59. The molecular formula is C24H25NO2. The number of hydrogen-bond donors (Lipinski definition) is 0. The van der Waals surface area contributed by atoms with Gasteiger partial charge in [0.05, 0.1) is 7.11 Å². The number of methoxy groups -OCH3 is 1. The highest BCUT2D eigenvalue weighted by molar-refractivity contribution is 5.83. The Morgan fingerprint density at radius 2 is 1.70 bits per heavy atom. The van der Waals surface area contributed by atoms with E-state index in [0.29, 0.717) is 19.5 Å². The van der Waals surface area contributed by atoms with Crippen molar-refractivity contribution in [3.8, 4) is 5.75 Å². The van der Waals surface area contributed by atoms with Gasteiger partial charge in [-0.1, -0.05) is 60.7 Å². The fraction of sp³-hybridized carbons (Fsp3) is 0.208. The Morgan fingerprint density at radius 3 is 2.41 bits per heavy atom. The van der Waals surface area contributed by atoms with Crippen molar-refractivity contribution in [3.05, 3.63) is 90.5 Å². The summed E-state index contributed by atoms with van der Waals surface area (Å²) < 4.78 is 5.19. The summed E-state index contributed by atoms with van der Waals surface area (Å²) in [6, 6.07) is 22.5. The van der Waals surface area contributed by atoms with Crippen LogP contribution in [0.5, 0.6) is 5.75 Å². The van der Waals surface area contributed by atoms with Crippen LogP contribution in [0.1, 0.15) is 17.5 Å². The van der Waals surface area contributed by atoms with Crippen molar-refractivity contribution in [1.29, 1.82) is 0 Å². The summed E-state index contributed by atoms with van der Waals surface area (Å²) >= 11 is 0. The van der Waals surface area contributed by atoms with Crippen LogP contribution in [-0.4, -0.2) is 24.5 Å².